The lowest BCUT2D eigenvalue weighted by Crippen LogP contribution is -2.42. The summed E-state index contributed by atoms with van der Waals surface area (Å²) in [5.41, 5.74) is -2.15. The largest absolute Gasteiger partial charge is 0.481 e. The number of hydrogen-bond acceptors (Lipinski definition) is 3. The van der Waals surface area contributed by atoms with E-state index in [4.69, 9.17) is 14.9 Å². The number of aliphatic carboxylic acids is 2. The Hall–Kier alpha value is -1.10. The van der Waals surface area contributed by atoms with Gasteiger partial charge in [-0.2, -0.15) is 0 Å². The Kier molecular flexibility index (Phi) is 2.78. The van der Waals surface area contributed by atoms with Crippen molar-refractivity contribution in [3.63, 3.8) is 0 Å². The number of carboxylic acids is 2. The first-order valence-corrected chi connectivity index (χ1v) is 4.85. The van der Waals surface area contributed by atoms with Gasteiger partial charge in [-0.1, -0.05) is 6.92 Å². The van der Waals surface area contributed by atoms with Crippen LogP contribution in [0, 0.1) is 5.92 Å². The molecule has 0 aliphatic carbocycles. The van der Waals surface area contributed by atoms with Crippen molar-refractivity contribution in [2.75, 3.05) is 0 Å². The normalized spacial score (nSPS) is 40.3. The standard InChI is InChI=1S/C10H16O5/c1-6-4-9(2,5-7(11)12)15-10(6,3)8(13)14/h6H,4-5H2,1-3H3,(H,11,12)(H,13,14)/t6-,9+,10-/m1/s1. The summed E-state index contributed by atoms with van der Waals surface area (Å²) >= 11 is 0. The Balaban J connectivity index is 2.87. The van der Waals surface area contributed by atoms with Crippen molar-refractivity contribution in [3.05, 3.63) is 0 Å². The minimum absolute atomic E-state index is 0.166. The molecule has 3 atom stereocenters. The summed E-state index contributed by atoms with van der Waals surface area (Å²) in [6.07, 6.45) is 0.280. The summed E-state index contributed by atoms with van der Waals surface area (Å²) in [4.78, 5) is 21.7. The lowest BCUT2D eigenvalue weighted by molar-refractivity contribution is -0.176. The van der Waals surface area contributed by atoms with E-state index in [2.05, 4.69) is 0 Å². The maximum Gasteiger partial charge on any atom is 0.335 e. The van der Waals surface area contributed by atoms with Gasteiger partial charge in [0.15, 0.2) is 5.60 Å². The highest BCUT2D eigenvalue weighted by Crippen LogP contribution is 2.43. The Morgan fingerprint density at radius 2 is 1.93 bits per heavy atom. The lowest BCUT2D eigenvalue weighted by atomic mass is 9.86. The van der Waals surface area contributed by atoms with Gasteiger partial charge in [0.25, 0.3) is 0 Å². The molecule has 0 unspecified atom stereocenters. The molecular weight excluding hydrogens is 200 g/mol. The number of carboxylic acid groups (broad SMARTS) is 2. The molecule has 5 nitrogen and oxygen atoms in total. The van der Waals surface area contributed by atoms with Crippen LogP contribution in [0.25, 0.3) is 0 Å². The Bertz CT molecular complexity index is 300. The van der Waals surface area contributed by atoms with Crippen LogP contribution in [0.4, 0.5) is 0 Å². The minimum Gasteiger partial charge on any atom is -0.481 e. The monoisotopic (exact) mass is 216 g/mol. The molecule has 0 amide bonds. The molecule has 0 aromatic heterocycles. The van der Waals surface area contributed by atoms with E-state index in [0.717, 1.165) is 0 Å². The van der Waals surface area contributed by atoms with Gasteiger partial charge in [0.2, 0.25) is 0 Å². The fraction of sp³-hybridized carbons (Fsp3) is 0.800. The molecule has 5 heteroatoms. The van der Waals surface area contributed by atoms with E-state index < -0.39 is 23.1 Å². The highest BCUT2D eigenvalue weighted by Gasteiger charge is 2.54. The average molecular weight is 216 g/mol. The summed E-state index contributed by atoms with van der Waals surface area (Å²) in [6, 6.07) is 0. The van der Waals surface area contributed by atoms with Crippen LogP contribution < -0.4 is 0 Å². The van der Waals surface area contributed by atoms with Crippen LogP contribution in [0.2, 0.25) is 0 Å². The van der Waals surface area contributed by atoms with E-state index >= 15 is 0 Å². The van der Waals surface area contributed by atoms with E-state index in [1.165, 1.54) is 6.92 Å². The predicted molar refractivity (Wildman–Crippen MR) is 51.6 cm³/mol. The fourth-order valence-corrected chi connectivity index (χ4v) is 2.18. The van der Waals surface area contributed by atoms with Gasteiger partial charge >= 0.3 is 11.9 Å². The van der Waals surface area contributed by atoms with Crippen molar-refractivity contribution in [1.29, 1.82) is 0 Å². The molecular formula is C10H16O5. The molecule has 2 N–H and O–H groups in total. The van der Waals surface area contributed by atoms with E-state index in [-0.39, 0.29) is 12.3 Å². The molecule has 0 aromatic carbocycles. The molecule has 86 valence electrons. The highest BCUT2D eigenvalue weighted by atomic mass is 16.6. The minimum atomic E-state index is -1.27. The third kappa shape index (κ3) is 2.12. The Morgan fingerprint density at radius 1 is 1.40 bits per heavy atom. The molecule has 1 aliphatic rings. The zero-order valence-electron chi connectivity index (χ0n) is 9.11. The van der Waals surface area contributed by atoms with Gasteiger partial charge in [-0.05, 0) is 26.2 Å². The summed E-state index contributed by atoms with van der Waals surface area (Å²) < 4.78 is 5.44. The number of ether oxygens (including phenoxy) is 1. The summed E-state index contributed by atoms with van der Waals surface area (Å²) in [5, 5.41) is 17.7. The molecule has 1 heterocycles. The van der Waals surface area contributed by atoms with Gasteiger partial charge in [-0.15, -0.1) is 0 Å². The fourth-order valence-electron chi connectivity index (χ4n) is 2.18. The molecule has 15 heavy (non-hydrogen) atoms. The maximum atomic E-state index is 11.0. The molecule has 0 saturated carbocycles. The van der Waals surface area contributed by atoms with Gasteiger partial charge in [-0.25, -0.2) is 4.79 Å². The van der Waals surface area contributed by atoms with Crippen molar-refractivity contribution in [1.82, 2.24) is 0 Å². The molecule has 0 radical (unpaired) electrons. The van der Waals surface area contributed by atoms with E-state index in [1.54, 1.807) is 13.8 Å². The summed E-state index contributed by atoms with van der Waals surface area (Å²) in [6.45, 7) is 4.90. The molecule has 0 aromatic rings. The van der Waals surface area contributed by atoms with Gasteiger partial charge in [0.1, 0.15) is 0 Å². The second-order valence-corrected chi connectivity index (χ2v) is 4.64. The molecule has 1 saturated heterocycles. The Labute approximate surface area is 88.0 Å². The first-order chi connectivity index (χ1) is 6.69. The number of carbonyl (C=O) groups is 2. The van der Waals surface area contributed by atoms with E-state index in [1.807, 2.05) is 0 Å². The SMILES string of the molecule is C[C@@H]1C[C@@](C)(CC(=O)O)O[C@@]1(C)C(=O)O. The average Bonchev–Trinajstić information content (AvgIpc) is 2.21. The maximum absolute atomic E-state index is 11.0. The topological polar surface area (TPSA) is 83.8 Å². The second kappa shape index (κ2) is 3.48. The summed E-state index contributed by atoms with van der Waals surface area (Å²) in [5.74, 6) is -2.21. The van der Waals surface area contributed by atoms with Crippen LogP contribution in [0.15, 0.2) is 0 Å². The predicted octanol–water partition coefficient (Wildman–Crippen LogP) is 1.12. The van der Waals surface area contributed by atoms with Crippen LogP contribution in [-0.2, 0) is 14.3 Å². The van der Waals surface area contributed by atoms with Gasteiger partial charge < -0.3 is 14.9 Å². The van der Waals surface area contributed by atoms with Crippen LogP contribution in [0.5, 0.6) is 0 Å². The van der Waals surface area contributed by atoms with Crippen molar-refractivity contribution in [2.24, 2.45) is 5.92 Å². The van der Waals surface area contributed by atoms with Crippen LogP contribution in [0.3, 0.4) is 0 Å². The van der Waals surface area contributed by atoms with Crippen LogP contribution >= 0.6 is 0 Å². The number of hydrogen-bond donors (Lipinski definition) is 2. The third-order valence-electron chi connectivity index (χ3n) is 3.09. The van der Waals surface area contributed by atoms with Crippen molar-refractivity contribution in [3.8, 4) is 0 Å². The van der Waals surface area contributed by atoms with Crippen LogP contribution in [0.1, 0.15) is 33.6 Å². The second-order valence-electron chi connectivity index (χ2n) is 4.64. The zero-order chi connectivity index (χ0) is 11.9. The van der Waals surface area contributed by atoms with Crippen molar-refractivity contribution >= 4 is 11.9 Å². The molecule has 1 rings (SSSR count). The van der Waals surface area contributed by atoms with Gasteiger partial charge in [0, 0.05) is 0 Å². The third-order valence-corrected chi connectivity index (χ3v) is 3.09. The van der Waals surface area contributed by atoms with Gasteiger partial charge in [-0.3, -0.25) is 4.79 Å². The zero-order valence-corrected chi connectivity index (χ0v) is 9.11. The number of rotatable bonds is 3. The molecule has 0 bridgehead atoms. The first-order valence-electron chi connectivity index (χ1n) is 4.85. The van der Waals surface area contributed by atoms with Crippen molar-refractivity contribution in [2.45, 2.75) is 44.8 Å². The summed E-state index contributed by atoms with van der Waals surface area (Å²) in [7, 11) is 0. The highest BCUT2D eigenvalue weighted by molar-refractivity contribution is 5.78. The van der Waals surface area contributed by atoms with Crippen molar-refractivity contribution < 1.29 is 24.5 Å². The van der Waals surface area contributed by atoms with E-state index in [0.29, 0.717) is 6.42 Å². The lowest BCUT2D eigenvalue weighted by Gasteiger charge is -2.27. The van der Waals surface area contributed by atoms with Gasteiger partial charge in [0.05, 0.1) is 12.0 Å². The van der Waals surface area contributed by atoms with Crippen LogP contribution in [-0.4, -0.2) is 33.4 Å². The first kappa shape index (κ1) is 12.0. The molecule has 1 aliphatic heterocycles. The molecule has 1 fully saturated rings. The quantitative estimate of drug-likeness (QED) is 0.738. The smallest absolute Gasteiger partial charge is 0.335 e. The Morgan fingerprint density at radius 3 is 2.27 bits per heavy atom. The van der Waals surface area contributed by atoms with E-state index in [9.17, 15) is 9.59 Å². The molecule has 0 spiro atoms.